The van der Waals surface area contributed by atoms with Crippen molar-refractivity contribution in [3.63, 3.8) is 0 Å². The lowest BCUT2D eigenvalue weighted by molar-refractivity contribution is 0.415. The van der Waals surface area contributed by atoms with Crippen molar-refractivity contribution in [2.24, 2.45) is 0 Å². The highest BCUT2D eigenvalue weighted by atomic mass is 35.5. The minimum absolute atomic E-state index is 0.704. The zero-order chi connectivity index (χ0) is 12.8. The summed E-state index contributed by atoms with van der Waals surface area (Å²) in [5.41, 5.74) is 2.47. The average molecular weight is 282 g/mol. The predicted molar refractivity (Wildman–Crippen MR) is 74.1 cm³/mol. The van der Waals surface area contributed by atoms with Crippen molar-refractivity contribution < 1.29 is 4.74 Å². The van der Waals surface area contributed by atoms with Crippen molar-refractivity contribution in [2.75, 3.05) is 12.9 Å². The van der Waals surface area contributed by atoms with E-state index in [0.29, 0.717) is 5.16 Å². The molecule has 0 aliphatic heterocycles. The smallest absolute Gasteiger partial charge is 0.209 e. The van der Waals surface area contributed by atoms with Gasteiger partial charge in [-0.25, -0.2) is 4.98 Å². The van der Waals surface area contributed by atoms with Gasteiger partial charge in [-0.05, 0) is 24.3 Å². The third kappa shape index (κ3) is 3.27. The van der Waals surface area contributed by atoms with Gasteiger partial charge in [0.2, 0.25) is 5.16 Å². The fourth-order valence-corrected chi connectivity index (χ4v) is 2.15. The van der Waals surface area contributed by atoms with Crippen LogP contribution < -0.4 is 4.74 Å². The summed E-state index contributed by atoms with van der Waals surface area (Å²) in [5, 5.41) is 7.74. The summed E-state index contributed by atoms with van der Waals surface area (Å²) < 4.78 is 5.11. The molecule has 94 valence electrons. The SMILES string of the molecule is COc1ccc(-c2nc(SC/C=C/Cl)n[nH]2)cc1. The number of ether oxygens (including phenoxy) is 1. The van der Waals surface area contributed by atoms with Gasteiger partial charge in [0.15, 0.2) is 5.82 Å². The topological polar surface area (TPSA) is 50.8 Å². The van der Waals surface area contributed by atoms with Gasteiger partial charge >= 0.3 is 0 Å². The van der Waals surface area contributed by atoms with Crippen molar-refractivity contribution in [2.45, 2.75) is 5.16 Å². The fourth-order valence-electron chi connectivity index (χ4n) is 1.35. The number of rotatable bonds is 5. The molecule has 18 heavy (non-hydrogen) atoms. The first-order chi connectivity index (χ1) is 8.83. The van der Waals surface area contributed by atoms with Crippen LogP contribution in [-0.4, -0.2) is 28.0 Å². The monoisotopic (exact) mass is 281 g/mol. The van der Waals surface area contributed by atoms with E-state index in [1.807, 2.05) is 30.3 Å². The Balaban J connectivity index is 2.08. The quantitative estimate of drug-likeness (QED) is 0.854. The Bertz CT molecular complexity index is 524. The number of benzene rings is 1. The second-order valence-corrected chi connectivity index (χ2v) is 4.61. The Morgan fingerprint density at radius 3 is 2.83 bits per heavy atom. The number of hydrogen-bond acceptors (Lipinski definition) is 4. The summed E-state index contributed by atoms with van der Waals surface area (Å²) in [6.45, 7) is 0. The number of aromatic nitrogens is 3. The number of aromatic amines is 1. The van der Waals surface area contributed by atoms with Gasteiger partial charge in [0.05, 0.1) is 7.11 Å². The Morgan fingerprint density at radius 2 is 2.17 bits per heavy atom. The molecule has 0 aliphatic carbocycles. The van der Waals surface area contributed by atoms with Crippen molar-refractivity contribution in [1.29, 1.82) is 0 Å². The van der Waals surface area contributed by atoms with E-state index in [2.05, 4.69) is 15.2 Å². The molecule has 0 atom stereocenters. The van der Waals surface area contributed by atoms with Crippen LogP contribution in [0.15, 0.2) is 41.0 Å². The third-order valence-electron chi connectivity index (χ3n) is 2.23. The minimum atomic E-state index is 0.704. The first kappa shape index (κ1) is 13.0. The second-order valence-electron chi connectivity index (χ2n) is 3.37. The lowest BCUT2D eigenvalue weighted by Crippen LogP contribution is -1.84. The molecule has 0 bridgehead atoms. The lowest BCUT2D eigenvalue weighted by atomic mass is 10.2. The van der Waals surface area contributed by atoms with E-state index in [4.69, 9.17) is 16.3 Å². The summed E-state index contributed by atoms with van der Waals surface area (Å²) in [6, 6.07) is 7.65. The van der Waals surface area contributed by atoms with Gasteiger partial charge in [0.25, 0.3) is 0 Å². The molecule has 4 nitrogen and oxygen atoms in total. The van der Waals surface area contributed by atoms with Gasteiger partial charge in [0.1, 0.15) is 5.75 Å². The van der Waals surface area contributed by atoms with E-state index < -0.39 is 0 Å². The Hall–Kier alpha value is -1.46. The van der Waals surface area contributed by atoms with Crippen molar-refractivity contribution >= 4 is 23.4 Å². The number of nitrogens with one attached hydrogen (secondary N) is 1. The molecule has 2 rings (SSSR count). The van der Waals surface area contributed by atoms with Gasteiger partial charge in [-0.1, -0.05) is 29.4 Å². The maximum Gasteiger partial charge on any atom is 0.209 e. The molecule has 0 fully saturated rings. The van der Waals surface area contributed by atoms with Gasteiger partial charge in [-0.15, -0.1) is 5.10 Å². The largest absolute Gasteiger partial charge is 0.497 e. The minimum Gasteiger partial charge on any atom is -0.497 e. The van der Waals surface area contributed by atoms with Gasteiger partial charge in [0, 0.05) is 16.9 Å². The van der Waals surface area contributed by atoms with Crippen LogP contribution >= 0.6 is 23.4 Å². The molecule has 1 N–H and O–H groups in total. The summed E-state index contributed by atoms with van der Waals surface area (Å²) in [6.07, 6.45) is 1.84. The van der Waals surface area contributed by atoms with Gasteiger partial charge in [-0.3, -0.25) is 5.10 Å². The molecular weight excluding hydrogens is 270 g/mol. The van der Waals surface area contributed by atoms with Crippen molar-refractivity contribution in [1.82, 2.24) is 15.2 Å². The van der Waals surface area contributed by atoms with E-state index in [1.54, 1.807) is 7.11 Å². The van der Waals surface area contributed by atoms with E-state index in [9.17, 15) is 0 Å². The first-order valence-electron chi connectivity index (χ1n) is 5.28. The maximum absolute atomic E-state index is 5.44. The molecule has 1 aromatic carbocycles. The summed E-state index contributed by atoms with van der Waals surface area (Å²) >= 11 is 6.96. The van der Waals surface area contributed by atoms with Crippen LogP contribution in [0.4, 0.5) is 0 Å². The molecule has 1 aromatic heterocycles. The van der Waals surface area contributed by atoms with Crippen LogP contribution in [0.2, 0.25) is 0 Å². The van der Waals surface area contributed by atoms with E-state index in [-0.39, 0.29) is 0 Å². The van der Waals surface area contributed by atoms with Crippen LogP contribution in [-0.2, 0) is 0 Å². The van der Waals surface area contributed by atoms with Crippen LogP contribution in [0.1, 0.15) is 0 Å². The van der Waals surface area contributed by atoms with Crippen LogP contribution in [0.3, 0.4) is 0 Å². The molecule has 0 radical (unpaired) electrons. The summed E-state index contributed by atoms with van der Waals surface area (Å²) in [4.78, 5) is 4.39. The molecule has 0 amide bonds. The van der Waals surface area contributed by atoms with Crippen LogP contribution in [0.5, 0.6) is 5.75 Å². The van der Waals surface area contributed by atoms with E-state index in [1.165, 1.54) is 17.3 Å². The number of thioether (sulfide) groups is 1. The first-order valence-corrected chi connectivity index (χ1v) is 6.70. The number of H-pyrrole nitrogens is 1. The van der Waals surface area contributed by atoms with Gasteiger partial charge in [-0.2, -0.15) is 0 Å². The third-order valence-corrected chi connectivity index (χ3v) is 3.20. The van der Waals surface area contributed by atoms with Gasteiger partial charge < -0.3 is 4.74 Å². The molecule has 0 aliphatic rings. The molecule has 0 saturated heterocycles. The summed E-state index contributed by atoms with van der Waals surface area (Å²) in [5.74, 6) is 2.32. The van der Waals surface area contributed by atoms with Crippen LogP contribution in [0, 0.1) is 0 Å². The average Bonchev–Trinajstić information content (AvgIpc) is 2.88. The molecule has 1 heterocycles. The number of methoxy groups -OCH3 is 1. The number of halogens is 1. The Morgan fingerprint density at radius 1 is 1.39 bits per heavy atom. The molecular formula is C12H12ClN3OS. The number of hydrogen-bond donors (Lipinski definition) is 1. The number of nitrogens with zero attached hydrogens (tertiary/aromatic N) is 2. The highest BCUT2D eigenvalue weighted by molar-refractivity contribution is 7.99. The van der Waals surface area contributed by atoms with Crippen LogP contribution in [0.25, 0.3) is 11.4 Å². The second kappa shape index (κ2) is 6.47. The molecule has 0 unspecified atom stereocenters. The Kier molecular flexibility index (Phi) is 4.66. The zero-order valence-electron chi connectivity index (χ0n) is 9.76. The van der Waals surface area contributed by atoms with Crippen molar-refractivity contribution in [3.05, 3.63) is 35.9 Å². The van der Waals surface area contributed by atoms with Crippen molar-refractivity contribution in [3.8, 4) is 17.1 Å². The van der Waals surface area contributed by atoms with E-state index in [0.717, 1.165) is 22.9 Å². The molecule has 0 spiro atoms. The standard InChI is InChI=1S/C12H12ClN3OS/c1-17-10-5-3-9(4-6-10)11-14-12(16-15-11)18-8-2-7-13/h2-7H,8H2,1H3,(H,14,15,16)/b7-2+. The molecule has 6 heteroatoms. The fraction of sp³-hybridized carbons (Fsp3) is 0.167. The highest BCUT2D eigenvalue weighted by Gasteiger charge is 2.05. The maximum atomic E-state index is 5.44. The molecule has 0 saturated carbocycles. The van der Waals surface area contributed by atoms with E-state index >= 15 is 0 Å². The zero-order valence-corrected chi connectivity index (χ0v) is 11.3. The molecule has 2 aromatic rings. The Labute approximate surface area is 114 Å². The summed E-state index contributed by atoms with van der Waals surface area (Å²) in [7, 11) is 1.64. The normalized spacial score (nSPS) is 11.0. The lowest BCUT2D eigenvalue weighted by Gasteiger charge is -1.99. The highest BCUT2D eigenvalue weighted by Crippen LogP contribution is 2.21. The predicted octanol–water partition coefficient (Wildman–Crippen LogP) is 3.32.